The molecule has 2 rings (SSSR count). The van der Waals surface area contributed by atoms with Gasteiger partial charge < -0.3 is 5.11 Å². The van der Waals surface area contributed by atoms with Gasteiger partial charge in [0.25, 0.3) is 6.43 Å². The highest BCUT2D eigenvalue weighted by atomic mass is 32.2. The Balaban J connectivity index is 2.26. The van der Waals surface area contributed by atoms with Gasteiger partial charge in [-0.2, -0.15) is 9.40 Å². The second kappa shape index (κ2) is 5.44. The van der Waals surface area contributed by atoms with Crippen LogP contribution in [0.3, 0.4) is 0 Å². The molecule has 1 N–H and O–H groups in total. The van der Waals surface area contributed by atoms with Gasteiger partial charge in [0.15, 0.2) is 0 Å². The molecule has 0 radical (unpaired) electrons. The van der Waals surface area contributed by atoms with Crippen molar-refractivity contribution in [1.29, 1.82) is 0 Å². The van der Waals surface area contributed by atoms with Gasteiger partial charge >= 0.3 is 5.97 Å². The monoisotopic (exact) mass is 309 g/mol. The number of halogens is 2. The van der Waals surface area contributed by atoms with E-state index in [-0.39, 0.29) is 17.9 Å². The number of carbonyl (C=O) groups is 1. The average Bonchev–Trinajstić information content (AvgIpc) is 2.95. The zero-order valence-electron chi connectivity index (χ0n) is 10.3. The maximum atomic E-state index is 12.3. The van der Waals surface area contributed by atoms with Crippen molar-refractivity contribution in [3.05, 3.63) is 12.4 Å². The van der Waals surface area contributed by atoms with Crippen LogP contribution in [0.15, 0.2) is 17.3 Å². The number of rotatable bonds is 5. The smallest absolute Gasteiger partial charge is 0.322 e. The van der Waals surface area contributed by atoms with Crippen LogP contribution in [-0.4, -0.2) is 52.6 Å². The summed E-state index contributed by atoms with van der Waals surface area (Å²) in [4.78, 5) is 10.7. The van der Waals surface area contributed by atoms with Crippen LogP contribution >= 0.6 is 0 Å². The Morgan fingerprint density at radius 3 is 2.85 bits per heavy atom. The second-order valence-corrected chi connectivity index (χ2v) is 6.29. The molecule has 112 valence electrons. The largest absolute Gasteiger partial charge is 0.480 e. The summed E-state index contributed by atoms with van der Waals surface area (Å²) in [6, 6.07) is -1.11. The fourth-order valence-corrected chi connectivity index (χ4v) is 3.74. The topological polar surface area (TPSA) is 92.5 Å². The maximum Gasteiger partial charge on any atom is 0.322 e. The van der Waals surface area contributed by atoms with Gasteiger partial charge in [-0.1, -0.05) is 0 Å². The Hall–Kier alpha value is -1.55. The first-order chi connectivity index (χ1) is 9.32. The van der Waals surface area contributed by atoms with Crippen molar-refractivity contribution in [2.75, 3.05) is 6.54 Å². The molecular formula is C10H13F2N3O4S. The highest BCUT2D eigenvalue weighted by Crippen LogP contribution is 2.26. The molecule has 7 nitrogen and oxygen atoms in total. The quantitative estimate of drug-likeness (QED) is 0.849. The normalized spacial score (nSPS) is 20.6. The summed E-state index contributed by atoms with van der Waals surface area (Å²) in [5.41, 5.74) is 0. The molecule has 0 bridgehead atoms. The van der Waals surface area contributed by atoms with Gasteiger partial charge in [-0.15, -0.1) is 0 Å². The predicted molar refractivity (Wildman–Crippen MR) is 62.8 cm³/mol. The third kappa shape index (κ3) is 2.80. The van der Waals surface area contributed by atoms with Crippen molar-refractivity contribution in [2.45, 2.75) is 36.7 Å². The van der Waals surface area contributed by atoms with Crippen LogP contribution < -0.4 is 0 Å². The predicted octanol–water partition coefficient (Wildman–Crippen LogP) is 0.386. The van der Waals surface area contributed by atoms with Gasteiger partial charge in [0.05, 0.1) is 6.20 Å². The summed E-state index contributed by atoms with van der Waals surface area (Å²) in [5.74, 6) is -1.22. The number of carboxylic acids is 1. The Bertz CT molecular complexity index is 601. The number of nitrogens with zero attached hydrogens (tertiary/aromatic N) is 3. The number of carboxylic acid groups (broad SMARTS) is 1. The maximum absolute atomic E-state index is 12.3. The van der Waals surface area contributed by atoms with Crippen LogP contribution in [0, 0.1) is 0 Å². The van der Waals surface area contributed by atoms with Gasteiger partial charge in [0, 0.05) is 12.7 Å². The first kappa shape index (κ1) is 14.9. The minimum Gasteiger partial charge on any atom is -0.480 e. The molecule has 0 amide bonds. The lowest BCUT2D eigenvalue weighted by Crippen LogP contribution is -2.40. The molecule has 0 spiro atoms. The van der Waals surface area contributed by atoms with Crippen LogP contribution in [0.5, 0.6) is 0 Å². The molecular weight excluding hydrogens is 296 g/mol. The van der Waals surface area contributed by atoms with Crippen molar-refractivity contribution in [1.82, 2.24) is 14.1 Å². The summed E-state index contributed by atoms with van der Waals surface area (Å²) in [6.07, 6.45) is -0.0293. The van der Waals surface area contributed by atoms with E-state index in [1.165, 1.54) is 0 Å². The highest BCUT2D eigenvalue weighted by Gasteiger charge is 2.40. The molecule has 1 saturated heterocycles. The number of aliphatic carboxylic acids is 1. The van der Waals surface area contributed by atoms with E-state index < -0.39 is 35.0 Å². The fourth-order valence-electron chi connectivity index (χ4n) is 2.13. The minimum absolute atomic E-state index is 0.0966. The Morgan fingerprint density at radius 2 is 2.25 bits per heavy atom. The first-order valence-corrected chi connectivity index (χ1v) is 7.31. The molecule has 20 heavy (non-hydrogen) atoms. The van der Waals surface area contributed by atoms with Gasteiger partial charge in [0.2, 0.25) is 10.0 Å². The van der Waals surface area contributed by atoms with Crippen LogP contribution in [-0.2, 0) is 21.4 Å². The van der Waals surface area contributed by atoms with E-state index in [9.17, 15) is 22.0 Å². The number of alkyl halides is 2. The number of hydrogen-bond donors (Lipinski definition) is 1. The van der Waals surface area contributed by atoms with Gasteiger partial charge in [-0.25, -0.2) is 17.2 Å². The van der Waals surface area contributed by atoms with Crippen molar-refractivity contribution < 1.29 is 27.1 Å². The molecule has 1 aliphatic rings. The van der Waals surface area contributed by atoms with E-state index in [4.69, 9.17) is 5.11 Å². The third-order valence-electron chi connectivity index (χ3n) is 3.03. The van der Waals surface area contributed by atoms with E-state index in [1.54, 1.807) is 0 Å². The number of sulfonamides is 1. The van der Waals surface area contributed by atoms with Gasteiger partial charge in [0.1, 0.15) is 17.5 Å². The van der Waals surface area contributed by atoms with Crippen molar-refractivity contribution >= 4 is 16.0 Å². The summed E-state index contributed by atoms with van der Waals surface area (Å²) in [7, 11) is -4.02. The van der Waals surface area contributed by atoms with E-state index >= 15 is 0 Å². The molecule has 1 aromatic rings. The average molecular weight is 309 g/mol. The van der Waals surface area contributed by atoms with Crippen LogP contribution in [0.25, 0.3) is 0 Å². The van der Waals surface area contributed by atoms with Crippen molar-refractivity contribution in [3.8, 4) is 0 Å². The summed E-state index contributed by atoms with van der Waals surface area (Å²) in [6.45, 7) is -0.614. The lowest BCUT2D eigenvalue weighted by atomic mass is 10.2. The fraction of sp³-hybridized carbons (Fsp3) is 0.600. The minimum atomic E-state index is -4.02. The molecule has 2 heterocycles. The Morgan fingerprint density at radius 1 is 1.55 bits per heavy atom. The van der Waals surface area contributed by atoms with Crippen LogP contribution in [0.4, 0.5) is 8.78 Å². The highest BCUT2D eigenvalue weighted by molar-refractivity contribution is 7.89. The molecule has 10 heteroatoms. The SMILES string of the molecule is O=C(O)C1CCCN1S(=O)(=O)c1cnn(CC(F)F)c1. The molecule has 1 unspecified atom stereocenters. The molecule has 1 fully saturated rings. The first-order valence-electron chi connectivity index (χ1n) is 5.87. The van der Waals surface area contributed by atoms with Crippen LogP contribution in [0.2, 0.25) is 0 Å². The van der Waals surface area contributed by atoms with E-state index in [0.717, 1.165) is 21.4 Å². The van der Waals surface area contributed by atoms with Gasteiger partial charge in [-0.3, -0.25) is 9.48 Å². The number of aromatic nitrogens is 2. The van der Waals surface area contributed by atoms with Crippen molar-refractivity contribution in [2.24, 2.45) is 0 Å². The second-order valence-electron chi connectivity index (χ2n) is 4.40. The number of hydrogen-bond acceptors (Lipinski definition) is 4. The Labute approximate surface area is 113 Å². The lowest BCUT2D eigenvalue weighted by molar-refractivity contribution is -0.140. The zero-order chi connectivity index (χ0) is 14.9. The summed E-state index contributed by atoms with van der Waals surface area (Å²) < 4.78 is 50.6. The molecule has 1 aromatic heterocycles. The molecule has 1 aliphatic heterocycles. The summed E-state index contributed by atoms with van der Waals surface area (Å²) in [5, 5.41) is 12.5. The third-order valence-corrected chi connectivity index (χ3v) is 4.89. The van der Waals surface area contributed by atoms with Crippen molar-refractivity contribution in [3.63, 3.8) is 0 Å². The molecule has 0 aromatic carbocycles. The Kier molecular flexibility index (Phi) is 4.04. The van der Waals surface area contributed by atoms with Gasteiger partial charge in [-0.05, 0) is 12.8 Å². The van der Waals surface area contributed by atoms with Crippen LogP contribution in [0.1, 0.15) is 12.8 Å². The van der Waals surface area contributed by atoms with E-state index in [2.05, 4.69) is 5.10 Å². The molecule has 0 aliphatic carbocycles. The zero-order valence-corrected chi connectivity index (χ0v) is 11.1. The molecule has 1 atom stereocenters. The standard InChI is InChI=1S/C10H13F2N3O4S/c11-9(12)6-14-5-7(4-13-14)20(18,19)15-3-1-2-8(15)10(16)17/h4-5,8-9H,1-3,6H2,(H,16,17). The lowest BCUT2D eigenvalue weighted by Gasteiger charge is -2.19. The molecule has 0 saturated carbocycles. The van der Waals surface area contributed by atoms with E-state index in [1.807, 2.05) is 0 Å². The summed E-state index contributed by atoms with van der Waals surface area (Å²) >= 11 is 0. The van der Waals surface area contributed by atoms with E-state index in [0.29, 0.717) is 6.42 Å².